The summed E-state index contributed by atoms with van der Waals surface area (Å²) in [6, 6.07) is 1.58. The maximum absolute atomic E-state index is 10.6. The summed E-state index contributed by atoms with van der Waals surface area (Å²) in [4.78, 5) is 14.4. The lowest BCUT2D eigenvalue weighted by Gasteiger charge is -2.05. The van der Waals surface area contributed by atoms with Gasteiger partial charge >= 0.3 is 5.97 Å². The standard InChI is InChI=1S/C8H10N2O3/c1-9-6-3-5(13-2)4-10-7(6)8(11)12/h3-4,9H,1-2H3,(H,11,12). The maximum Gasteiger partial charge on any atom is 0.356 e. The predicted octanol–water partition coefficient (Wildman–Crippen LogP) is 0.830. The Kier molecular flexibility index (Phi) is 2.69. The molecule has 1 aromatic heterocycles. The van der Waals surface area contributed by atoms with Gasteiger partial charge in [-0.25, -0.2) is 9.78 Å². The van der Waals surface area contributed by atoms with E-state index >= 15 is 0 Å². The Hall–Kier alpha value is -1.78. The summed E-state index contributed by atoms with van der Waals surface area (Å²) in [5.74, 6) is -0.540. The van der Waals surface area contributed by atoms with Gasteiger partial charge in [0.05, 0.1) is 19.0 Å². The SMILES string of the molecule is CNc1cc(OC)cnc1C(=O)O. The van der Waals surface area contributed by atoms with Crippen molar-refractivity contribution in [2.24, 2.45) is 0 Å². The number of nitrogens with zero attached hydrogens (tertiary/aromatic N) is 1. The van der Waals surface area contributed by atoms with E-state index in [1.807, 2.05) is 0 Å². The van der Waals surface area contributed by atoms with Crippen LogP contribution in [0.15, 0.2) is 12.3 Å². The third kappa shape index (κ3) is 1.87. The number of aromatic nitrogens is 1. The van der Waals surface area contributed by atoms with E-state index < -0.39 is 5.97 Å². The molecule has 0 saturated heterocycles. The fourth-order valence-electron chi connectivity index (χ4n) is 0.918. The number of nitrogens with one attached hydrogen (secondary N) is 1. The number of anilines is 1. The highest BCUT2D eigenvalue weighted by Crippen LogP contribution is 2.18. The summed E-state index contributed by atoms with van der Waals surface area (Å²) in [7, 11) is 3.12. The van der Waals surface area contributed by atoms with Crippen molar-refractivity contribution in [3.05, 3.63) is 18.0 Å². The quantitative estimate of drug-likeness (QED) is 0.724. The minimum absolute atomic E-state index is 0.0108. The number of rotatable bonds is 3. The van der Waals surface area contributed by atoms with Crippen molar-refractivity contribution in [1.82, 2.24) is 4.98 Å². The van der Waals surface area contributed by atoms with E-state index in [4.69, 9.17) is 9.84 Å². The zero-order chi connectivity index (χ0) is 9.84. The molecule has 0 amide bonds. The molecule has 5 heteroatoms. The zero-order valence-corrected chi connectivity index (χ0v) is 7.37. The molecule has 13 heavy (non-hydrogen) atoms. The van der Waals surface area contributed by atoms with Crippen LogP contribution in [-0.4, -0.2) is 30.2 Å². The predicted molar refractivity (Wildman–Crippen MR) is 47.3 cm³/mol. The molecule has 2 N–H and O–H groups in total. The van der Waals surface area contributed by atoms with Crippen molar-refractivity contribution in [2.45, 2.75) is 0 Å². The molecule has 1 rings (SSSR count). The number of methoxy groups -OCH3 is 1. The number of pyridine rings is 1. The average Bonchev–Trinajstić information content (AvgIpc) is 2.16. The molecule has 0 fully saturated rings. The maximum atomic E-state index is 10.6. The van der Waals surface area contributed by atoms with Gasteiger partial charge in [0.25, 0.3) is 0 Å². The number of carbonyl (C=O) groups is 1. The number of carboxylic acid groups (broad SMARTS) is 1. The summed E-state index contributed by atoms with van der Waals surface area (Å²) in [5.41, 5.74) is 0.426. The van der Waals surface area contributed by atoms with Crippen molar-refractivity contribution in [2.75, 3.05) is 19.5 Å². The lowest BCUT2D eigenvalue weighted by Crippen LogP contribution is -2.05. The van der Waals surface area contributed by atoms with Crippen molar-refractivity contribution >= 4 is 11.7 Å². The fraction of sp³-hybridized carbons (Fsp3) is 0.250. The highest BCUT2D eigenvalue weighted by atomic mass is 16.5. The molecule has 0 unspecified atom stereocenters. The van der Waals surface area contributed by atoms with Gasteiger partial charge in [0.15, 0.2) is 5.69 Å². The molecule has 0 bridgehead atoms. The smallest absolute Gasteiger partial charge is 0.356 e. The van der Waals surface area contributed by atoms with Crippen LogP contribution in [0, 0.1) is 0 Å². The first-order chi connectivity index (χ1) is 6.19. The van der Waals surface area contributed by atoms with Gasteiger partial charge in [0.2, 0.25) is 0 Å². The highest BCUT2D eigenvalue weighted by molar-refractivity contribution is 5.92. The molecular formula is C8H10N2O3. The second kappa shape index (κ2) is 3.75. The number of aromatic carboxylic acids is 1. The summed E-state index contributed by atoms with van der Waals surface area (Å²) in [5, 5.41) is 11.4. The molecule has 0 aliphatic carbocycles. The normalized spacial score (nSPS) is 9.38. The first-order valence-electron chi connectivity index (χ1n) is 3.64. The molecule has 1 heterocycles. The lowest BCUT2D eigenvalue weighted by molar-refractivity contribution is 0.0691. The van der Waals surface area contributed by atoms with Gasteiger partial charge in [-0.05, 0) is 0 Å². The molecule has 0 aliphatic rings. The summed E-state index contributed by atoms with van der Waals surface area (Å²) in [6.45, 7) is 0. The van der Waals surface area contributed by atoms with Gasteiger partial charge in [0.1, 0.15) is 5.75 Å². The van der Waals surface area contributed by atoms with E-state index in [1.54, 1.807) is 13.1 Å². The summed E-state index contributed by atoms with van der Waals surface area (Å²) in [6.07, 6.45) is 1.37. The van der Waals surface area contributed by atoms with Crippen molar-refractivity contribution in [3.63, 3.8) is 0 Å². The number of hydrogen-bond acceptors (Lipinski definition) is 4. The molecule has 0 aromatic carbocycles. The lowest BCUT2D eigenvalue weighted by atomic mass is 10.3. The number of ether oxygens (including phenoxy) is 1. The van der Waals surface area contributed by atoms with E-state index in [1.165, 1.54) is 13.3 Å². The third-order valence-electron chi connectivity index (χ3n) is 1.57. The number of carboxylic acids is 1. The van der Waals surface area contributed by atoms with E-state index in [0.717, 1.165) is 0 Å². The van der Waals surface area contributed by atoms with Gasteiger partial charge in [-0.3, -0.25) is 0 Å². The van der Waals surface area contributed by atoms with Gasteiger partial charge < -0.3 is 15.2 Å². The minimum atomic E-state index is -1.06. The molecule has 70 valence electrons. The molecule has 0 saturated carbocycles. The van der Waals surface area contributed by atoms with Crippen LogP contribution in [0.5, 0.6) is 5.75 Å². The van der Waals surface area contributed by atoms with Crippen LogP contribution in [0.4, 0.5) is 5.69 Å². The van der Waals surface area contributed by atoms with Gasteiger partial charge in [-0.15, -0.1) is 0 Å². The Morgan fingerprint density at radius 3 is 2.85 bits per heavy atom. The molecular weight excluding hydrogens is 172 g/mol. The molecule has 1 aromatic rings. The third-order valence-corrected chi connectivity index (χ3v) is 1.57. The molecule has 0 radical (unpaired) electrons. The minimum Gasteiger partial charge on any atom is -0.495 e. The van der Waals surface area contributed by atoms with Crippen LogP contribution in [-0.2, 0) is 0 Å². The second-order valence-corrected chi connectivity index (χ2v) is 2.33. The Morgan fingerprint density at radius 2 is 2.38 bits per heavy atom. The van der Waals surface area contributed by atoms with E-state index in [2.05, 4.69) is 10.3 Å². The molecule has 0 atom stereocenters. The fourth-order valence-corrected chi connectivity index (χ4v) is 0.918. The van der Waals surface area contributed by atoms with Gasteiger partial charge in [0, 0.05) is 13.1 Å². The molecule has 0 aliphatic heterocycles. The van der Waals surface area contributed by atoms with Crippen molar-refractivity contribution in [1.29, 1.82) is 0 Å². The van der Waals surface area contributed by atoms with Gasteiger partial charge in [-0.2, -0.15) is 0 Å². The topological polar surface area (TPSA) is 71.5 Å². The second-order valence-electron chi connectivity index (χ2n) is 2.33. The summed E-state index contributed by atoms with van der Waals surface area (Å²) >= 11 is 0. The van der Waals surface area contributed by atoms with E-state index in [-0.39, 0.29) is 5.69 Å². The zero-order valence-electron chi connectivity index (χ0n) is 7.37. The van der Waals surface area contributed by atoms with Crippen LogP contribution in [0.25, 0.3) is 0 Å². The first kappa shape index (κ1) is 9.31. The Morgan fingerprint density at radius 1 is 1.69 bits per heavy atom. The monoisotopic (exact) mass is 182 g/mol. The van der Waals surface area contributed by atoms with Crippen LogP contribution in [0.2, 0.25) is 0 Å². The Bertz CT molecular complexity index is 325. The summed E-state index contributed by atoms with van der Waals surface area (Å²) < 4.78 is 4.90. The highest BCUT2D eigenvalue weighted by Gasteiger charge is 2.11. The largest absolute Gasteiger partial charge is 0.495 e. The van der Waals surface area contributed by atoms with Crippen LogP contribution < -0.4 is 10.1 Å². The van der Waals surface area contributed by atoms with Gasteiger partial charge in [-0.1, -0.05) is 0 Å². The van der Waals surface area contributed by atoms with E-state index in [0.29, 0.717) is 11.4 Å². The van der Waals surface area contributed by atoms with Crippen LogP contribution in [0.3, 0.4) is 0 Å². The Labute approximate surface area is 75.4 Å². The molecule has 5 nitrogen and oxygen atoms in total. The number of hydrogen-bond donors (Lipinski definition) is 2. The Balaban J connectivity index is 3.15. The van der Waals surface area contributed by atoms with Crippen molar-refractivity contribution in [3.8, 4) is 5.75 Å². The van der Waals surface area contributed by atoms with Crippen LogP contribution >= 0.6 is 0 Å². The first-order valence-corrected chi connectivity index (χ1v) is 3.64. The van der Waals surface area contributed by atoms with Crippen molar-refractivity contribution < 1.29 is 14.6 Å². The van der Waals surface area contributed by atoms with E-state index in [9.17, 15) is 4.79 Å². The average molecular weight is 182 g/mol. The van der Waals surface area contributed by atoms with Crippen LogP contribution in [0.1, 0.15) is 10.5 Å². The molecule has 0 spiro atoms.